The number of aromatic nitrogens is 1. The molecular formula is C35H48ClN5O8. The predicted octanol–water partition coefficient (Wildman–Crippen LogP) is 6.01. The molecule has 0 fully saturated rings. The molecular weight excluding hydrogens is 654 g/mol. The molecule has 2 aromatic carbocycles. The number of fused-ring (bicyclic) bond motifs is 2. The number of esters is 1. The Morgan fingerprint density at radius 3 is 2.10 bits per heavy atom. The van der Waals surface area contributed by atoms with Gasteiger partial charge in [-0.15, -0.1) is 0 Å². The number of hydrogen-bond acceptors (Lipinski definition) is 11. The summed E-state index contributed by atoms with van der Waals surface area (Å²) in [5, 5.41) is 9.13. The normalized spacial score (nSPS) is 11.0. The van der Waals surface area contributed by atoms with E-state index >= 15 is 0 Å². The SMILES string of the molecule is CCOC(=O)CN(CCN(C(=O)OCC)C(=O)OCC)CC(=O)NCCCCCCCNc1c2ccc(Cl)cc2nc2ccc(OC)cc12. The Hall–Kier alpha value is -4.36. The van der Waals surface area contributed by atoms with Gasteiger partial charge in [0.25, 0.3) is 0 Å². The van der Waals surface area contributed by atoms with Gasteiger partial charge in [-0.1, -0.05) is 30.9 Å². The summed E-state index contributed by atoms with van der Waals surface area (Å²) in [5.41, 5.74) is 2.69. The summed E-state index contributed by atoms with van der Waals surface area (Å²) in [6.07, 6.45) is 3.01. The van der Waals surface area contributed by atoms with Crippen LogP contribution in [0.2, 0.25) is 5.02 Å². The number of nitrogens with zero attached hydrogens (tertiary/aromatic N) is 3. The average Bonchev–Trinajstić information content (AvgIpc) is 3.07. The number of amides is 3. The van der Waals surface area contributed by atoms with Gasteiger partial charge in [-0.25, -0.2) is 19.5 Å². The Morgan fingerprint density at radius 2 is 1.43 bits per heavy atom. The number of carbonyl (C=O) groups excluding carboxylic acids is 4. The number of rotatable bonds is 20. The van der Waals surface area contributed by atoms with Crippen LogP contribution in [0.5, 0.6) is 5.75 Å². The zero-order chi connectivity index (χ0) is 35.6. The second kappa shape index (κ2) is 20.9. The van der Waals surface area contributed by atoms with Crippen LogP contribution >= 0.6 is 11.6 Å². The Labute approximate surface area is 292 Å². The molecule has 268 valence electrons. The lowest BCUT2D eigenvalue weighted by Crippen LogP contribution is -2.46. The smallest absolute Gasteiger partial charge is 0.419 e. The van der Waals surface area contributed by atoms with Crippen LogP contribution in [0, 0.1) is 0 Å². The zero-order valence-electron chi connectivity index (χ0n) is 28.8. The van der Waals surface area contributed by atoms with Crippen molar-refractivity contribution in [3.63, 3.8) is 0 Å². The molecule has 0 saturated carbocycles. The molecule has 3 amide bonds. The van der Waals surface area contributed by atoms with Crippen LogP contribution in [-0.2, 0) is 23.8 Å². The van der Waals surface area contributed by atoms with Gasteiger partial charge < -0.3 is 29.6 Å². The predicted molar refractivity (Wildman–Crippen MR) is 189 cm³/mol. The Kier molecular flexibility index (Phi) is 16.7. The number of carbonyl (C=O) groups is 4. The zero-order valence-corrected chi connectivity index (χ0v) is 29.6. The third-order valence-electron chi connectivity index (χ3n) is 7.56. The maximum atomic E-state index is 12.7. The van der Waals surface area contributed by atoms with Crippen molar-refractivity contribution in [2.75, 3.05) is 71.5 Å². The number of halogens is 1. The Morgan fingerprint density at radius 1 is 0.755 bits per heavy atom. The molecule has 0 aliphatic rings. The molecule has 0 atom stereocenters. The highest BCUT2D eigenvalue weighted by Gasteiger charge is 2.26. The van der Waals surface area contributed by atoms with Gasteiger partial charge in [0, 0.05) is 42.0 Å². The number of imide groups is 1. The molecule has 2 N–H and O–H groups in total. The van der Waals surface area contributed by atoms with E-state index in [-0.39, 0.29) is 51.9 Å². The quantitative estimate of drug-likeness (QED) is 0.0618. The van der Waals surface area contributed by atoms with Crippen LogP contribution in [0.3, 0.4) is 0 Å². The highest BCUT2D eigenvalue weighted by Crippen LogP contribution is 2.34. The lowest BCUT2D eigenvalue weighted by Gasteiger charge is -2.25. The summed E-state index contributed by atoms with van der Waals surface area (Å²) >= 11 is 6.24. The Bertz CT molecular complexity index is 1540. The van der Waals surface area contributed by atoms with E-state index in [4.69, 9.17) is 35.5 Å². The molecule has 49 heavy (non-hydrogen) atoms. The fourth-order valence-electron chi connectivity index (χ4n) is 5.20. The van der Waals surface area contributed by atoms with E-state index in [1.807, 2.05) is 36.4 Å². The molecule has 1 aromatic heterocycles. The molecule has 0 bridgehead atoms. The highest BCUT2D eigenvalue weighted by atomic mass is 35.5. The molecule has 0 unspecified atom stereocenters. The summed E-state index contributed by atoms with van der Waals surface area (Å²) in [6, 6.07) is 11.6. The van der Waals surface area contributed by atoms with Crippen LogP contribution in [0.4, 0.5) is 15.3 Å². The Balaban J connectivity index is 1.43. The number of hydrogen-bond donors (Lipinski definition) is 2. The largest absolute Gasteiger partial charge is 0.497 e. The van der Waals surface area contributed by atoms with Crippen LogP contribution in [0.15, 0.2) is 36.4 Å². The minimum absolute atomic E-state index is 0.0459. The molecule has 14 heteroatoms. The third-order valence-corrected chi connectivity index (χ3v) is 7.80. The summed E-state index contributed by atoms with van der Waals surface area (Å²) in [6.45, 7) is 6.17. The average molecular weight is 702 g/mol. The van der Waals surface area contributed by atoms with E-state index in [9.17, 15) is 19.2 Å². The van der Waals surface area contributed by atoms with Gasteiger partial charge in [-0.05, 0) is 70.0 Å². The molecule has 1 heterocycles. The van der Waals surface area contributed by atoms with Gasteiger partial charge in [-0.3, -0.25) is 14.5 Å². The van der Waals surface area contributed by atoms with Crippen molar-refractivity contribution in [1.29, 1.82) is 0 Å². The van der Waals surface area contributed by atoms with E-state index in [1.165, 1.54) is 4.90 Å². The van der Waals surface area contributed by atoms with Gasteiger partial charge in [0.05, 0.1) is 56.7 Å². The lowest BCUT2D eigenvalue weighted by atomic mass is 10.1. The first-order valence-electron chi connectivity index (χ1n) is 16.8. The van der Waals surface area contributed by atoms with E-state index in [0.717, 1.165) is 76.8 Å². The topological polar surface area (TPSA) is 149 Å². The second-order valence-corrected chi connectivity index (χ2v) is 11.6. The van der Waals surface area contributed by atoms with Crippen molar-refractivity contribution in [3.05, 3.63) is 41.4 Å². The van der Waals surface area contributed by atoms with Gasteiger partial charge in [0.2, 0.25) is 5.91 Å². The molecule has 13 nitrogen and oxygen atoms in total. The van der Waals surface area contributed by atoms with Crippen molar-refractivity contribution < 1.29 is 38.1 Å². The van der Waals surface area contributed by atoms with Crippen LogP contribution in [0.25, 0.3) is 21.8 Å². The van der Waals surface area contributed by atoms with Crippen LogP contribution < -0.4 is 15.4 Å². The summed E-state index contributed by atoms with van der Waals surface area (Å²) in [4.78, 5) is 56.6. The van der Waals surface area contributed by atoms with Gasteiger partial charge in [-0.2, -0.15) is 0 Å². The van der Waals surface area contributed by atoms with Crippen molar-refractivity contribution in [1.82, 2.24) is 20.1 Å². The monoisotopic (exact) mass is 701 g/mol. The fourth-order valence-corrected chi connectivity index (χ4v) is 5.37. The standard InChI is InChI=1S/C35H48ClN5O8/c1-5-47-32(43)24-40(19-20-41(34(44)48-6-2)35(45)49-7-3)23-31(42)37-17-11-9-8-10-12-18-38-33-27-15-13-25(36)21-30(27)39-29-16-14-26(46-4)22-28(29)33/h13-16,21-22H,5-12,17-20,23-24H2,1-4H3,(H,37,42)(H,38,39). The van der Waals surface area contributed by atoms with E-state index < -0.39 is 18.2 Å². The number of pyridine rings is 1. The first-order chi connectivity index (χ1) is 23.7. The molecule has 3 aromatic rings. The minimum atomic E-state index is -0.859. The fraction of sp³-hybridized carbons (Fsp3) is 0.514. The number of methoxy groups -OCH3 is 1. The number of benzene rings is 2. The molecule has 0 spiro atoms. The van der Waals surface area contributed by atoms with Crippen LogP contribution in [0.1, 0.15) is 52.9 Å². The molecule has 3 rings (SSSR count). The minimum Gasteiger partial charge on any atom is -0.497 e. The summed E-state index contributed by atoms with van der Waals surface area (Å²) < 4.78 is 20.4. The highest BCUT2D eigenvalue weighted by molar-refractivity contribution is 6.31. The van der Waals surface area contributed by atoms with E-state index in [0.29, 0.717) is 11.6 Å². The first kappa shape index (κ1) is 39.1. The number of nitrogens with one attached hydrogen (secondary N) is 2. The van der Waals surface area contributed by atoms with Gasteiger partial charge in [0.15, 0.2) is 0 Å². The number of unbranched alkanes of at least 4 members (excludes halogenated alkanes) is 4. The maximum absolute atomic E-state index is 12.7. The third kappa shape index (κ3) is 12.6. The van der Waals surface area contributed by atoms with E-state index in [2.05, 4.69) is 10.6 Å². The van der Waals surface area contributed by atoms with Crippen molar-refractivity contribution in [3.8, 4) is 5.75 Å². The summed E-state index contributed by atoms with van der Waals surface area (Å²) in [5.74, 6) is -0.0285. The van der Waals surface area contributed by atoms with Crippen molar-refractivity contribution in [2.24, 2.45) is 0 Å². The second-order valence-electron chi connectivity index (χ2n) is 11.1. The molecule has 0 saturated heterocycles. The lowest BCUT2D eigenvalue weighted by molar-refractivity contribution is -0.144. The van der Waals surface area contributed by atoms with Gasteiger partial charge >= 0.3 is 18.2 Å². The molecule has 0 aliphatic heterocycles. The first-order valence-corrected chi connectivity index (χ1v) is 17.1. The number of ether oxygens (including phenoxy) is 4. The van der Waals surface area contributed by atoms with E-state index in [1.54, 1.807) is 27.9 Å². The molecule has 0 radical (unpaired) electrons. The van der Waals surface area contributed by atoms with Crippen molar-refractivity contribution >= 4 is 63.2 Å². The van der Waals surface area contributed by atoms with Crippen molar-refractivity contribution in [2.45, 2.75) is 52.9 Å². The van der Waals surface area contributed by atoms with Crippen LogP contribution in [-0.4, -0.2) is 105 Å². The number of anilines is 1. The summed E-state index contributed by atoms with van der Waals surface area (Å²) in [7, 11) is 1.65. The van der Waals surface area contributed by atoms with Gasteiger partial charge in [0.1, 0.15) is 5.75 Å². The maximum Gasteiger partial charge on any atom is 0.419 e. The molecule has 0 aliphatic carbocycles.